The van der Waals surface area contributed by atoms with Gasteiger partial charge < -0.3 is 19.2 Å². The normalized spacial score (nSPS) is 11.3. The van der Waals surface area contributed by atoms with Crippen molar-refractivity contribution in [2.75, 3.05) is 13.6 Å². The molecule has 0 saturated carbocycles. The van der Waals surface area contributed by atoms with Crippen LogP contribution in [0.2, 0.25) is 4.34 Å². The van der Waals surface area contributed by atoms with Gasteiger partial charge >= 0.3 is 0 Å². The predicted octanol–water partition coefficient (Wildman–Crippen LogP) is 4.04. The zero-order chi connectivity index (χ0) is 19.1. The summed E-state index contributed by atoms with van der Waals surface area (Å²) in [6, 6.07) is 7.75. The highest BCUT2D eigenvalue weighted by molar-refractivity contribution is 14.0. The van der Waals surface area contributed by atoms with E-state index < -0.39 is 0 Å². The lowest BCUT2D eigenvalue weighted by molar-refractivity contribution is 0.468. The summed E-state index contributed by atoms with van der Waals surface area (Å²) in [4.78, 5) is 7.96. The first-order chi connectivity index (χ1) is 13.2. The van der Waals surface area contributed by atoms with Crippen molar-refractivity contribution in [1.29, 1.82) is 0 Å². The second kappa shape index (κ2) is 11.4. The number of aromatic nitrogens is 3. The average Bonchev–Trinajstić information content (AvgIpc) is 3.40. The van der Waals surface area contributed by atoms with Crippen LogP contribution >= 0.6 is 46.9 Å². The summed E-state index contributed by atoms with van der Waals surface area (Å²) < 4.78 is 8.23. The van der Waals surface area contributed by atoms with Crippen LogP contribution in [0.5, 0.6) is 0 Å². The minimum Gasteiger partial charge on any atom is -0.467 e. The summed E-state index contributed by atoms with van der Waals surface area (Å²) in [5.74, 6) is 2.61. The number of aliphatic imine (C=N–C) groups is 1. The SMILES string of the molecule is CCc1nncn1CCNC(=NCc1ccco1)N(C)Cc1ccc(Cl)s1.I. The van der Waals surface area contributed by atoms with Gasteiger partial charge in [0.2, 0.25) is 0 Å². The zero-order valence-corrected chi connectivity index (χ0v) is 19.7. The number of nitrogens with zero attached hydrogens (tertiary/aromatic N) is 5. The number of guanidine groups is 1. The molecule has 3 rings (SSSR count). The van der Waals surface area contributed by atoms with Gasteiger partial charge in [0.25, 0.3) is 0 Å². The molecule has 0 saturated heterocycles. The van der Waals surface area contributed by atoms with Crippen LogP contribution in [-0.4, -0.2) is 39.2 Å². The molecule has 3 heterocycles. The van der Waals surface area contributed by atoms with Crippen LogP contribution in [-0.2, 0) is 26.1 Å². The molecule has 0 amide bonds. The third-order valence-electron chi connectivity index (χ3n) is 4.00. The molecule has 10 heteroatoms. The predicted molar refractivity (Wildman–Crippen MR) is 123 cm³/mol. The number of nitrogens with one attached hydrogen (secondary N) is 1. The highest BCUT2D eigenvalue weighted by atomic mass is 127. The molecule has 0 aliphatic carbocycles. The molecule has 0 aromatic carbocycles. The molecule has 7 nitrogen and oxygen atoms in total. The summed E-state index contributed by atoms with van der Waals surface area (Å²) in [6.45, 7) is 4.78. The number of furan rings is 1. The van der Waals surface area contributed by atoms with Crippen molar-refractivity contribution in [3.05, 3.63) is 57.7 Å². The molecular formula is C18H24ClIN6OS. The van der Waals surface area contributed by atoms with E-state index in [0.717, 1.165) is 47.9 Å². The Morgan fingerprint density at radius 2 is 2.25 bits per heavy atom. The van der Waals surface area contributed by atoms with E-state index >= 15 is 0 Å². The summed E-state index contributed by atoms with van der Waals surface area (Å²) in [5.41, 5.74) is 0. The first-order valence-electron chi connectivity index (χ1n) is 8.78. The monoisotopic (exact) mass is 534 g/mol. The van der Waals surface area contributed by atoms with Crippen molar-refractivity contribution in [2.45, 2.75) is 33.0 Å². The van der Waals surface area contributed by atoms with Gasteiger partial charge in [-0.3, -0.25) is 0 Å². The Balaban J connectivity index is 0.00000280. The molecule has 28 heavy (non-hydrogen) atoms. The van der Waals surface area contributed by atoms with Gasteiger partial charge in [0.1, 0.15) is 24.5 Å². The van der Waals surface area contributed by atoms with Crippen molar-refractivity contribution >= 4 is 52.9 Å². The molecular weight excluding hydrogens is 511 g/mol. The van der Waals surface area contributed by atoms with Crippen LogP contribution in [0.4, 0.5) is 0 Å². The molecule has 0 fully saturated rings. The maximum Gasteiger partial charge on any atom is 0.194 e. The summed E-state index contributed by atoms with van der Waals surface area (Å²) in [7, 11) is 2.01. The van der Waals surface area contributed by atoms with Gasteiger partial charge in [-0.2, -0.15) is 0 Å². The van der Waals surface area contributed by atoms with Crippen molar-refractivity contribution in [2.24, 2.45) is 4.99 Å². The van der Waals surface area contributed by atoms with Crippen LogP contribution in [0.25, 0.3) is 0 Å². The van der Waals surface area contributed by atoms with Gasteiger partial charge in [-0.1, -0.05) is 18.5 Å². The molecule has 3 aromatic rings. The minimum atomic E-state index is 0. The lowest BCUT2D eigenvalue weighted by Crippen LogP contribution is -2.40. The van der Waals surface area contributed by atoms with Crippen molar-refractivity contribution < 1.29 is 4.42 Å². The molecule has 0 radical (unpaired) electrons. The third kappa shape index (κ3) is 6.49. The van der Waals surface area contributed by atoms with E-state index in [1.165, 1.54) is 4.88 Å². The van der Waals surface area contributed by atoms with E-state index in [9.17, 15) is 0 Å². The molecule has 3 aromatic heterocycles. The lowest BCUT2D eigenvalue weighted by atomic mass is 10.4. The van der Waals surface area contributed by atoms with Crippen LogP contribution < -0.4 is 5.32 Å². The highest BCUT2D eigenvalue weighted by Crippen LogP contribution is 2.22. The molecule has 0 aliphatic rings. The Kier molecular flexibility index (Phi) is 9.26. The molecule has 1 N–H and O–H groups in total. The second-order valence-corrected chi connectivity index (χ2v) is 7.80. The van der Waals surface area contributed by atoms with Gasteiger partial charge in [-0.05, 0) is 24.3 Å². The fourth-order valence-electron chi connectivity index (χ4n) is 2.64. The maximum atomic E-state index is 6.05. The van der Waals surface area contributed by atoms with E-state index in [0.29, 0.717) is 6.54 Å². The molecule has 0 bridgehead atoms. The standard InChI is InChI=1S/C18H23ClN6OS.HI/c1-3-17-23-22-13-25(17)9-8-20-18(21-11-14-5-4-10-26-14)24(2)12-15-6-7-16(19)27-15;/h4-7,10,13H,3,8-9,11-12H2,1-2H3,(H,20,21);1H. The number of hydrogen-bond acceptors (Lipinski definition) is 5. The van der Waals surface area contributed by atoms with E-state index in [4.69, 9.17) is 21.0 Å². The average molecular weight is 535 g/mol. The smallest absolute Gasteiger partial charge is 0.194 e. The fraction of sp³-hybridized carbons (Fsp3) is 0.389. The number of hydrogen-bond donors (Lipinski definition) is 1. The zero-order valence-electron chi connectivity index (χ0n) is 15.8. The molecule has 0 aliphatic heterocycles. The Labute approximate surface area is 190 Å². The quantitative estimate of drug-likeness (QED) is 0.268. The fourth-order valence-corrected chi connectivity index (χ4v) is 3.78. The number of aryl methyl sites for hydroxylation is 1. The first-order valence-corrected chi connectivity index (χ1v) is 9.98. The first kappa shape index (κ1) is 22.7. The lowest BCUT2D eigenvalue weighted by Gasteiger charge is -2.22. The Morgan fingerprint density at radius 1 is 1.39 bits per heavy atom. The Bertz CT molecular complexity index is 863. The van der Waals surface area contributed by atoms with Gasteiger partial charge in [-0.15, -0.1) is 45.5 Å². The molecule has 0 spiro atoms. The van der Waals surface area contributed by atoms with Gasteiger partial charge in [0.15, 0.2) is 5.96 Å². The van der Waals surface area contributed by atoms with Crippen molar-refractivity contribution in [3.63, 3.8) is 0 Å². The van der Waals surface area contributed by atoms with Gasteiger partial charge in [-0.25, -0.2) is 4.99 Å². The van der Waals surface area contributed by atoms with Crippen LogP contribution in [0, 0.1) is 0 Å². The molecule has 152 valence electrons. The Morgan fingerprint density at radius 3 is 2.93 bits per heavy atom. The summed E-state index contributed by atoms with van der Waals surface area (Å²) in [5, 5.41) is 11.5. The molecule has 0 atom stereocenters. The van der Waals surface area contributed by atoms with Crippen LogP contribution in [0.1, 0.15) is 23.4 Å². The highest BCUT2D eigenvalue weighted by Gasteiger charge is 2.10. The van der Waals surface area contributed by atoms with Gasteiger partial charge in [0, 0.05) is 31.4 Å². The van der Waals surface area contributed by atoms with Crippen molar-refractivity contribution in [3.8, 4) is 0 Å². The second-order valence-electron chi connectivity index (χ2n) is 6.00. The topological polar surface area (TPSA) is 71.5 Å². The Hall–Kier alpha value is -1.59. The minimum absolute atomic E-state index is 0. The number of halogens is 2. The van der Waals surface area contributed by atoms with Crippen LogP contribution in [0.3, 0.4) is 0 Å². The summed E-state index contributed by atoms with van der Waals surface area (Å²) in [6.07, 6.45) is 4.28. The largest absolute Gasteiger partial charge is 0.467 e. The number of rotatable bonds is 8. The summed E-state index contributed by atoms with van der Waals surface area (Å²) >= 11 is 7.63. The van der Waals surface area contributed by atoms with E-state index in [2.05, 4.69) is 31.9 Å². The molecule has 0 unspecified atom stereocenters. The van der Waals surface area contributed by atoms with Gasteiger partial charge in [0.05, 0.1) is 17.1 Å². The van der Waals surface area contributed by atoms with Crippen molar-refractivity contribution in [1.82, 2.24) is 25.0 Å². The number of thiophene rings is 1. The van der Waals surface area contributed by atoms with E-state index in [1.54, 1.807) is 23.9 Å². The van der Waals surface area contributed by atoms with Crippen LogP contribution in [0.15, 0.2) is 46.3 Å². The maximum absolute atomic E-state index is 6.05. The third-order valence-corrected chi connectivity index (χ3v) is 5.21. The van der Waals surface area contributed by atoms with E-state index in [1.807, 2.05) is 31.3 Å². The van der Waals surface area contributed by atoms with E-state index in [-0.39, 0.29) is 24.0 Å².